The van der Waals surface area contributed by atoms with Gasteiger partial charge in [-0.1, -0.05) is 6.08 Å². The van der Waals surface area contributed by atoms with Gasteiger partial charge in [0.1, 0.15) is 48.8 Å². The van der Waals surface area contributed by atoms with E-state index in [-0.39, 0.29) is 12.0 Å². The lowest BCUT2D eigenvalue weighted by molar-refractivity contribution is -0.328. The third kappa shape index (κ3) is 5.30. The average Bonchev–Trinajstić information content (AvgIpc) is 2.83. The van der Waals surface area contributed by atoms with E-state index in [4.69, 9.17) is 9.47 Å². The second-order valence-corrected chi connectivity index (χ2v) is 9.08. The number of aliphatic hydroxyl groups excluding tert-OH is 11. The molecule has 0 spiro atoms. The summed E-state index contributed by atoms with van der Waals surface area (Å²) in [5, 5.41) is 113. The fourth-order valence-electron chi connectivity index (χ4n) is 4.77. The second-order valence-electron chi connectivity index (χ2n) is 9.08. The summed E-state index contributed by atoms with van der Waals surface area (Å²) in [7, 11) is 0. The largest absolute Gasteiger partial charge is 0.396 e. The molecule has 14 nitrogen and oxygen atoms in total. The van der Waals surface area contributed by atoms with Crippen molar-refractivity contribution in [1.82, 2.24) is 5.32 Å². The zero-order chi connectivity index (χ0) is 25.3. The lowest BCUT2D eigenvalue weighted by Gasteiger charge is -2.47. The third-order valence-electron chi connectivity index (χ3n) is 6.90. The van der Waals surface area contributed by atoms with Gasteiger partial charge in [0.2, 0.25) is 0 Å². The summed E-state index contributed by atoms with van der Waals surface area (Å²) in [6.45, 7) is -1.80. The molecule has 0 aromatic carbocycles. The average molecular weight is 497 g/mol. The second kappa shape index (κ2) is 11.5. The fourth-order valence-corrected chi connectivity index (χ4v) is 4.77. The summed E-state index contributed by atoms with van der Waals surface area (Å²) in [6.07, 6.45) is -15.7. The fraction of sp³-hybridized carbons (Fsp3) is 0.900. The van der Waals surface area contributed by atoms with Crippen LogP contribution >= 0.6 is 0 Å². The monoisotopic (exact) mass is 497 g/mol. The minimum Gasteiger partial charge on any atom is -0.396 e. The molecule has 1 heterocycles. The standard InChI is InChI=1S/C20H35NO13/c22-3-6-1-8(12(26)15(29)11(6)25)21-9-2-7(4-23)19(17(31)13(9)27)34-20-18(32)16(30)14(28)10(5-24)33-20/h1,7-32H,2-5H2/t7-,8+,9+,10-,11+,12+,13+,14-,15+,16+,17-,18-,19-,20+/m1/s1. The van der Waals surface area contributed by atoms with Gasteiger partial charge in [0.05, 0.1) is 31.5 Å². The maximum absolute atomic E-state index is 10.7. The Morgan fingerprint density at radius 1 is 0.794 bits per heavy atom. The first-order valence-corrected chi connectivity index (χ1v) is 11.1. The minimum absolute atomic E-state index is 0.0129. The Morgan fingerprint density at radius 3 is 2.06 bits per heavy atom. The number of hydrogen-bond acceptors (Lipinski definition) is 14. The van der Waals surface area contributed by atoms with Crippen molar-refractivity contribution >= 4 is 0 Å². The highest BCUT2D eigenvalue weighted by atomic mass is 16.7. The van der Waals surface area contributed by atoms with Crippen molar-refractivity contribution in [3.05, 3.63) is 11.6 Å². The minimum atomic E-state index is -1.75. The summed E-state index contributed by atoms with van der Waals surface area (Å²) in [6, 6.07) is -1.94. The van der Waals surface area contributed by atoms with Crippen molar-refractivity contribution in [2.24, 2.45) is 5.92 Å². The van der Waals surface area contributed by atoms with E-state index < -0.39 is 105 Å². The van der Waals surface area contributed by atoms with Crippen LogP contribution in [0.5, 0.6) is 0 Å². The molecule has 2 fully saturated rings. The van der Waals surface area contributed by atoms with Gasteiger partial charge in [0.15, 0.2) is 6.29 Å². The van der Waals surface area contributed by atoms with Gasteiger partial charge in [-0.2, -0.15) is 0 Å². The van der Waals surface area contributed by atoms with Gasteiger partial charge in [-0.15, -0.1) is 0 Å². The van der Waals surface area contributed by atoms with Crippen LogP contribution in [-0.4, -0.2) is 155 Å². The molecule has 14 heteroatoms. The Kier molecular flexibility index (Phi) is 9.38. The van der Waals surface area contributed by atoms with Crippen LogP contribution in [0.15, 0.2) is 11.6 Å². The van der Waals surface area contributed by atoms with Crippen molar-refractivity contribution in [3.8, 4) is 0 Å². The number of hydrogen-bond donors (Lipinski definition) is 12. The molecule has 3 rings (SSSR count). The molecule has 198 valence electrons. The smallest absolute Gasteiger partial charge is 0.187 e. The van der Waals surface area contributed by atoms with E-state index in [0.29, 0.717) is 0 Å². The normalized spacial score (nSPS) is 50.1. The SMILES string of the molecule is OCC1=C[C@H](N[C@H]2C[C@H](CO)[C@@H](O[C@@H]3O[C@H](CO)[C@@H](O)[C@H](O)[C@H]3O)[C@H](O)[C@H]2O)[C@H](O)[C@@H](O)[C@H]1O. The van der Waals surface area contributed by atoms with Crippen molar-refractivity contribution in [2.75, 3.05) is 19.8 Å². The lowest BCUT2D eigenvalue weighted by Crippen LogP contribution is -2.66. The summed E-state index contributed by atoms with van der Waals surface area (Å²) in [4.78, 5) is 0. The molecule has 0 amide bonds. The first-order chi connectivity index (χ1) is 16.0. The highest BCUT2D eigenvalue weighted by Crippen LogP contribution is 2.33. The predicted molar refractivity (Wildman–Crippen MR) is 110 cm³/mol. The summed E-state index contributed by atoms with van der Waals surface area (Å²) >= 11 is 0. The molecular formula is C20H35NO13. The Hall–Kier alpha value is -0.820. The van der Waals surface area contributed by atoms with Gasteiger partial charge in [-0.25, -0.2) is 0 Å². The van der Waals surface area contributed by atoms with Crippen LogP contribution in [0.1, 0.15) is 6.42 Å². The number of nitrogens with one attached hydrogen (secondary N) is 1. The lowest BCUT2D eigenvalue weighted by atomic mass is 9.78. The van der Waals surface area contributed by atoms with Crippen molar-refractivity contribution in [3.63, 3.8) is 0 Å². The van der Waals surface area contributed by atoms with Crippen LogP contribution < -0.4 is 5.32 Å². The molecule has 34 heavy (non-hydrogen) atoms. The van der Waals surface area contributed by atoms with Crippen molar-refractivity contribution in [2.45, 2.75) is 85.8 Å². The maximum atomic E-state index is 10.7. The molecule has 0 bridgehead atoms. The van der Waals surface area contributed by atoms with Crippen LogP contribution in [0.25, 0.3) is 0 Å². The number of ether oxygens (including phenoxy) is 2. The molecule has 1 saturated heterocycles. The molecule has 2 aliphatic carbocycles. The molecule has 0 radical (unpaired) electrons. The van der Waals surface area contributed by atoms with Crippen molar-refractivity contribution in [1.29, 1.82) is 0 Å². The van der Waals surface area contributed by atoms with E-state index in [2.05, 4.69) is 5.32 Å². The molecule has 1 aliphatic heterocycles. The first kappa shape index (κ1) is 27.8. The van der Waals surface area contributed by atoms with Gasteiger partial charge in [0.25, 0.3) is 0 Å². The van der Waals surface area contributed by atoms with E-state index in [0.717, 1.165) is 0 Å². The molecule has 12 N–H and O–H groups in total. The van der Waals surface area contributed by atoms with Crippen LogP contribution in [0.2, 0.25) is 0 Å². The van der Waals surface area contributed by atoms with Gasteiger partial charge >= 0.3 is 0 Å². The molecule has 3 aliphatic rings. The zero-order valence-corrected chi connectivity index (χ0v) is 18.2. The highest BCUT2D eigenvalue weighted by Gasteiger charge is 2.50. The maximum Gasteiger partial charge on any atom is 0.187 e. The molecule has 0 aromatic heterocycles. The molecule has 0 aromatic rings. The van der Waals surface area contributed by atoms with Crippen LogP contribution in [0.3, 0.4) is 0 Å². The molecular weight excluding hydrogens is 462 g/mol. The van der Waals surface area contributed by atoms with E-state index in [1.54, 1.807) is 0 Å². The van der Waals surface area contributed by atoms with Crippen LogP contribution in [-0.2, 0) is 9.47 Å². The Bertz CT molecular complexity index is 693. The Morgan fingerprint density at radius 2 is 1.47 bits per heavy atom. The molecule has 14 atom stereocenters. The zero-order valence-electron chi connectivity index (χ0n) is 18.2. The van der Waals surface area contributed by atoms with E-state index in [1.165, 1.54) is 6.08 Å². The summed E-state index contributed by atoms with van der Waals surface area (Å²) in [5.41, 5.74) is 0.0590. The number of aliphatic hydroxyl groups is 11. The topological polar surface area (TPSA) is 253 Å². The van der Waals surface area contributed by atoms with Gasteiger partial charge in [0, 0.05) is 18.6 Å². The Labute approximate surface area is 194 Å². The van der Waals surface area contributed by atoms with Gasteiger partial charge < -0.3 is 71.0 Å². The molecule has 1 saturated carbocycles. The highest BCUT2D eigenvalue weighted by molar-refractivity contribution is 5.22. The van der Waals surface area contributed by atoms with Crippen molar-refractivity contribution < 1.29 is 65.6 Å². The Balaban J connectivity index is 1.73. The first-order valence-electron chi connectivity index (χ1n) is 11.1. The van der Waals surface area contributed by atoms with E-state index >= 15 is 0 Å². The van der Waals surface area contributed by atoms with E-state index in [9.17, 15) is 56.2 Å². The third-order valence-corrected chi connectivity index (χ3v) is 6.90. The summed E-state index contributed by atoms with van der Waals surface area (Å²) < 4.78 is 10.9. The van der Waals surface area contributed by atoms with Gasteiger partial charge in [-0.3, -0.25) is 0 Å². The van der Waals surface area contributed by atoms with E-state index in [1.807, 2.05) is 0 Å². The van der Waals surface area contributed by atoms with Crippen LogP contribution in [0.4, 0.5) is 0 Å². The summed E-state index contributed by atoms with van der Waals surface area (Å²) in [5.74, 6) is -0.833. The van der Waals surface area contributed by atoms with Crippen LogP contribution in [0, 0.1) is 5.92 Å². The molecule has 0 unspecified atom stereocenters. The predicted octanol–water partition coefficient (Wildman–Crippen LogP) is -6.75. The quantitative estimate of drug-likeness (QED) is 0.146. The van der Waals surface area contributed by atoms with Gasteiger partial charge in [-0.05, 0) is 12.0 Å². The number of rotatable bonds is 7.